The molecule has 0 fully saturated rings. The highest BCUT2D eigenvalue weighted by Crippen LogP contribution is 2.32. The van der Waals surface area contributed by atoms with Crippen LogP contribution >= 0.6 is 0 Å². The van der Waals surface area contributed by atoms with Gasteiger partial charge in [-0.1, -0.05) is 6.07 Å². The van der Waals surface area contributed by atoms with Crippen molar-refractivity contribution in [3.8, 4) is 11.5 Å². The highest BCUT2D eigenvalue weighted by molar-refractivity contribution is 5.44. The van der Waals surface area contributed by atoms with Gasteiger partial charge >= 0.3 is 0 Å². The van der Waals surface area contributed by atoms with Crippen LogP contribution in [0.5, 0.6) is 11.5 Å². The topological polar surface area (TPSA) is 47.9 Å². The Hall–Kier alpha value is -1.26. The van der Waals surface area contributed by atoms with Gasteiger partial charge in [-0.15, -0.1) is 0 Å². The third-order valence-corrected chi connectivity index (χ3v) is 1.67. The molecular weight excluding hydrogens is 160 g/mol. The number of hydrogen-bond donors (Lipinski definition) is 1. The van der Waals surface area contributed by atoms with E-state index in [1.165, 1.54) is 0 Å². The molecule has 1 heterocycles. The number of ether oxygens (including phenoxy) is 2. The van der Waals surface area contributed by atoms with Crippen molar-refractivity contribution in [2.75, 3.05) is 6.79 Å². The summed E-state index contributed by atoms with van der Waals surface area (Å²) >= 11 is 0. The van der Waals surface area contributed by atoms with E-state index in [0.717, 1.165) is 11.3 Å². The van der Waals surface area contributed by atoms with Crippen LogP contribution in [0.15, 0.2) is 18.2 Å². The average molecular weight is 168 g/mol. The predicted octanol–water partition coefficient (Wildman–Crippen LogP) is 1.40. The van der Waals surface area contributed by atoms with Crippen molar-refractivity contribution < 1.29 is 19.6 Å². The van der Waals surface area contributed by atoms with Crippen molar-refractivity contribution in [1.82, 2.24) is 0 Å². The minimum absolute atomic E-state index is 0.163. The Morgan fingerprint density at radius 2 is 2.17 bits per heavy atom. The number of hydrogen-bond acceptors (Lipinski definition) is 4. The molecule has 0 spiro atoms. The van der Waals surface area contributed by atoms with Gasteiger partial charge in [-0.3, -0.25) is 5.26 Å². The van der Waals surface area contributed by atoms with Crippen molar-refractivity contribution in [1.29, 1.82) is 0 Å². The Bertz CT molecular complexity index is 284. The maximum Gasteiger partial charge on any atom is 0.231 e. The zero-order valence-corrected chi connectivity index (χ0v) is 6.32. The molecule has 1 aromatic carbocycles. The minimum Gasteiger partial charge on any atom is -0.454 e. The zero-order chi connectivity index (χ0) is 8.39. The van der Waals surface area contributed by atoms with Crippen LogP contribution in [-0.4, -0.2) is 12.1 Å². The second-order valence-corrected chi connectivity index (χ2v) is 2.46. The largest absolute Gasteiger partial charge is 0.454 e. The van der Waals surface area contributed by atoms with Crippen molar-refractivity contribution in [3.05, 3.63) is 23.8 Å². The van der Waals surface area contributed by atoms with Gasteiger partial charge in [0, 0.05) is 0 Å². The molecule has 1 N–H and O–H groups in total. The Morgan fingerprint density at radius 1 is 1.33 bits per heavy atom. The van der Waals surface area contributed by atoms with Gasteiger partial charge < -0.3 is 9.47 Å². The summed E-state index contributed by atoms with van der Waals surface area (Å²) in [4.78, 5) is 3.99. The quantitative estimate of drug-likeness (QED) is 0.535. The van der Waals surface area contributed by atoms with E-state index < -0.39 is 0 Å². The van der Waals surface area contributed by atoms with Gasteiger partial charge in [-0.25, -0.2) is 4.89 Å². The SMILES string of the molecule is OOCc1ccc2c(c1)OCO2. The first-order chi connectivity index (χ1) is 5.90. The van der Waals surface area contributed by atoms with Crippen molar-refractivity contribution >= 4 is 0 Å². The summed E-state index contributed by atoms with van der Waals surface area (Å²) in [7, 11) is 0. The molecule has 0 saturated heterocycles. The Labute approximate surface area is 69.2 Å². The fraction of sp³-hybridized carbons (Fsp3) is 0.250. The standard InChI is InChI=1S/C8H8O4/c9-12-4-6-1-2-7-8(3-6)11-5-10-7/h1-3,9H,4-5H2. The maximum atomic E-state index is 8.20. The highest BCUT2D eigenvalue weighted by Gasteiger charge is 2.12. The number of rotatable bonds is 2. The molecule has 1 aromatic rings. The van der Waals surface area contributed by atoms with Crippen LogP contribution in [0, 0.1) is 0 Å². The fourth-order valence-corrected chi connectivity index (χ4v) is 1.11. The normalized spacial score (nSPS) is 13.4. The molecule has 12 heavy (non-hydrogen) atoms. The van der Waals surface area contributed by atoms with Gasteiger partial charge in [0.05, 0.1) is 0 Å². The zero-order valence-electron chi connectivity index (χ0n) is 6.32. The Kier molecular flexibility index (Phi) is 1.85. The Balaban J connectivity index is 2.26. The third kappa shape index (κ3) is 1.22. The van der Waals surface area contributed by atoms with Crippen molar-refractivity contribution in [2.24, 2.45) is 0 Å². The van der Waals surface area contributed by atoms with Crippen LogP contribution in [0.3, 0.4) is 0 Å². The molecule has 0 bridgehead atoms. The second kappa shape index (κ2) is 3.00. The summed E-state index contributed by atoms with van der Waals surface area (Å²) in [5.41, 5.74) is 0.849. The van der Waals surface area contributed by atoms with Gasteiger partial charge in [-0.05, 0) is 17.7 Å². The molecule has 0 saturated carbocycles. The van der Waals surface area contributed by atoms with Crippen LogP contribution < -0.4 is 9.47 Å². The van der Waals surface area contributed by atoms with Crippen molar-refractivity contribution in [2.45, 2.75) is 6.61 Å². The first-order valence-electron chi connectivity index (χ1n) is 3.55. The van der Waals surface area contributed by atoms with Crippen LogP contribution in [0.2, 0.25) is 0 Å². The van der Waals surface area contributed by atoms with E-state index in [-0.39, 0.29) is 13.4 Å². The summed E-state index contributed by atoms with van der Waals surface area (Å²) in [5.74, 6) is 1.43. The van der Waals surface area contributed by atoms with E-state index >= 15 is 0 Å². The van der Waals surface area contributed by atoms with Crippen LogP contribution in [0.25, 0.3) is 0 Å². The minimum atomic E-state index is 0.163. The first-order valence-corrected chi connectivity index (χ1v) is 3.55. The lowest BCUT2D eigenvalue weighted by Crippen LogP contribution is -1.93. The van der Waals surface area contributed by atoms with Gasteiger partial charge in [-0.2, -0.15) is 0 Å². The lowest BCUT2D eigenvalue weighted by Gasteiger charge is -1.99. The molecule has 4 nitrogen and oxygen atoms in total. The van der Waals surface area contributed by atoms with Crippen LogP contribution in [-0.2, 0) is 11.5 Å². The van der Waals surface area contributed by atoms with Crippen LogP contribution in [0.4, 0.5) is 0 Å². The molecule has 0 amide bonds. The summed E-state index contributed by atoms with van der Waals surface area (Å²) in [6.07, 6.45) is 0. The summed E-state index contributed by atoms with van der Waals surface area (Å²) < 4.78 is 10.2. The molecule has 4 heteroatoms. The monoisotopic (exact) mass is 168 g/mol. The lowest BCUT2D eigenvalue weighted by molar-refractivity contribution is -0.253. The van der Waals surface area contributed by atoms with E-state index in [1.807, 2.05) is 6.07 Å². The van der Waals surface area contributed by atoms with E-state index in [2.05, 4.69) is 4.89 Å². The molecule has 0 unspecified atom stereocenters. The number of benzene rings is 1. The molecule has 0 radical (unpaired) electrons. The second-order valence-electron chi connectivity index (χ2n) is 2.46. The smallest absolute Gasteiger partial charge is 0.231 e. The Morgan fingerprint density at radius 3 is 3.00 bits per heavy atom. The summed E-state index contributed by atoms with van der Waals surface area (Å²) in [6.45, 7) is 0.426. The number of fused-ring (bicyclic) bond motifs is 1. The molecule has 1 aliphatic heterocycles. The van der Waals surface area contributed by atoms with Gasteiger partial charge in [0.2, 0.25) is 6.79 Å². The van der Waals surface area contributed by atoms with E-state index in [0.29, 0.717) is 5.75 Å². The molecule has 2 rings (SSSR count). The van der Waals surface area contributed by atoms with Gasteiger partial charge in [0.25, 0.3) is 0 Å². The molecule has 0 aliphatic carbocycles. The maximum absolute atomic E-state index is 8.20. The fourth-order valence-electron chi connectivity index (χ4n) is 1.11. The lowest BCUT2D eigenvalue weighted by atomic mass is 10.2. The third-order valence-electron chi connectivity index (χ3n) is 1.67. The van der Waals surface area contributed by atoms with Crippen molar-refractivity contribution in [3.63, 3.8) is 0 Å². The first kappa shape index (κ1) is 7.39. The molecule has 0 atom stereocenters. The van der Waals surface area contributed by atoms with E-state index in [9.17, 15) is 0 Å². The van der Waals surface area contributed by atoms with Crippen LogP contribution in [0.1, 0.15) is 5.56 Å². The van der Waals surface area contributed by atoms with E-state index in [1.54, 1.807) is 12.1 Å². The van der Waals surface area contributed by atoms with Gasteiger partial charge in [0.15, 0.2) is 11.5 Å². The molecule has 1 aliphatic rings. The molecular formula is C8H8O4. The van der Waals surface area contributed by atoms with E-state index in [4.69, 9.17) is 14.7 Å². The molecule has 0 aromatic heterocycles. The van der Waals surface area contributed by atoms with Gasteiger partial charge in [0.1, 0.15) is 6.61 Å². The summed E-state index contributed by atoms with van der Waals surface area (Å²) in [6, 6.07) is 5.37. The predicted molar refractivity (Wildman–Crippen MR) is 40.0 cm³/mol. The molecule has 64 valence electrons. The highest BCUT2D eigenvalue weighted by atomic mass is 17.1. The average Bonchev–Trinajstić information content (AvgIpc) is 2.51. The summed E-state index contributed by atoms with van der Waals surface area (Å²) in [5, 5.41) is 8.20.